The van der Waals surface area contributed by atoms with E-state index in [-0.39, 0.29) is 17.4 Å². The summed E-state index contributed by atoms with van der Waals surface area (Å²) < 4.78 is 5.32. The van der Waals surface area contributed by atoms with Crippen molar-refractivity contribution in [2.24, 2.45) is 0 Å². The van der Waals surface area contributed by atoms with Crippen molar-refractivity contribution in [3.63, 3.8) is 0 Å². The molecule has 1 unspecified atom stereocenters. The van der Waals surface area contributed by atoms with Gasteiger partial charge in [0.2, 0.25) is 5.91 Å². The number of anilines is 1. The molecule has 1 atom stereocenters. The number of rotatable bonds is 4. The van der Waals surface area contributed by atoms with Crippen LogP contribution in [0.3, 0.4) is 0 Å². The fourth-order valence-electron chi connectivity index (χ4n) is 3.54. The van der Waals surface area contributed by atoms with Crippen molar-refractivity contribution in [3.05, 3.63) is 76.8 Å². The molecule has 2 fully saturated rings. The summed E-state index contributed by atoms with van der Waals surface area (Å²) in [5.41, 5.74) is 1.70. The topological polar surface area (TPSA) is 73.6 Å². The van der Waals surface area contributed by atoms with Gasteiger partial charge < -0.3 is 9.64 Å². The summed E-state index contributed by atoms with van der Waals surface area (Å²) in [7, 11) is 0. The van der Waals surface area contributed by atoms with Crippen molar-refractivity contribution >= 4 is 29.3 Å². The monoisotopic (exact) mass is 419 g/mol. The molecule has 0 aromatic heterocycles. The normalized spacial score (nSPS) is 20.8. The van der Waals surface area contributed by atoms with Gasteiger partial charge >= 0.3 is 0 Å². The minimum Gasteiger partial charge on any atom is -0.378 e. The molecule has 2 saturated heterocycles. The lowest BCUT2D eigenvalue weighted by molar-refractivity contribution is -0.130. The van der Waals surface area contributed by atoms with Crippen LogP contribution in [-0.4, -0.2) is 48.3 Å². The second-order valence-corrected chi connectivity index (χ2v) is 8.19. The summed E-state index contributed by atoms with van der Waals surface area (Å²) in [5.74, 6) is -0.468. The van der Waals surface area contributed by atoms with Crippen molar-refractivity contribution in [2.45, 2.75) is 11.7 Å². The number of hydrogen-bond acceptors (Lipinski definition) is 5. The van der Waals surface area contributed by atoms with Crippen molar-refractivity contribution < 1.29 is 14.3 Å². The molecular formula is C23H21N3O3S. The van der Waals surface area contributed by atoms with Crippen LogP contribution in [0.1, 0.15) is 5.56 Å². The maximum atomic E-state index is 13.4. The van der Waals surface area contributed by atoms with Crippen LogP contribution in [0.25, 0.3) is 0 Å². The number of carbonyl (C=O) groups is 2. The molecule has 7 heteroatoms. The molecule has 0 radical (unpaired) electrons. The van der Waals surface area contributed by atoms with Gasteiger partial charge in [0.05, 0.1) is 18.5 Å². The molecule has 2 aliphatic rings. The highest BCUT2D eigenvalue weighted by Gasteiger charge is 2.41. The van der Waals surface area contributed by atoms with Crippen LogP contribution in [0.4, 0.5) is 5.69 Å². The molecule has 0 N–H and O–H groups in total. The fraction of sp³-hybridized carbons (Fsp3) is 0.261. The molecule has 2 aromatic rings. The first-order valence-electron chi connectivity index (χ1n) is 9.80. The number of benzene rings is 2. The highest BCUT2D eigenvalue weighted by atomic mass is 32.2. The van der Waals surface area contributed by atoms with Gasteiger partial charge in [0.1, 0.15) is 16.7 Å². The smallest absolute Gasteiger partial charge is 0.267 e. The third-order valence-corrected chi connectivity index (χ3v) is 6.33. The lowest BCUT2D eigenvalue weighted by atomic mass is 10.1. The number of nitrogens with zero attached hydrogens (tertiary/aromatic N) is 3. The van der Waals surface area contributed by atoms with E-state index >= 15 is 0 Å². The third kappa shape index (κ3) is 4.11. The van der Waals surface area contributed by atoms with Crippen LogP contribution in [0.5, 0.6) is 0 Å². The van der Waals surface area contributed by atoms with Crippen molar-refractivity contribution in [1.29, 1.82) is 5.26 Å². The third-order valence-electron chi connectivity index (χ3n) is 5.07. The highest BCUT2D eigenvalue weighted by molar-refractivity contribution is 8.05. The molecule has 6 nitrogen and oxygen atoms in total. The minimum absolute atomic E-state index is 0.00895. The summed E-state index contributed by atoms with van der Waals surface area (Å²) in [6.45, 7) is 1.78. The van der Waals surface area contributed by atoms with E-state index in [0.29, 0.717) is 43.4 Å². The van der Waals surface area contributed by atoms with E-state index in [2.05, 4.69) is 6.07 Å². The van der Waals surface area contributed by atoms with Gasteiger partial charge in [0.15, 0.2) is 0 Å². The number of thioether (sulfide) groups is 1. The molecule has 0 aliphatic carbocycles. The molecule has 30 heavy (non-hydrogen) atoms. The van der Waals surface area contributed by atoms with E-state index < -0.39 is 5.25 Å². The van der Waals surface area contributed by atoms with Gasteiger partial charge in [-0.1, -0.05) is 60.3 Å². The summed E-state index contributed by atoms with van der Waals surface area (Å²) >= 11 is 1.30. The Morgan fingerprint density at radius 1 is 1.07 bits per heavy atom. The lowest BCUT2D eigenvalue weighted by Gasteiger charge is -2.27. The number of hydrogen-bond donors (Lipinski definition) is 0. The Balaban J connectivity index is 1.72. The van der Waals surface area contributed by atoms with E-state index in [9.17, 15) is 14.9 Å². The first-order chi connectivity index (χ1) is 14.7. The largest absolute Gasteiger partial charge is 0.378 e. The Bertz CT molecular complexity index is 995. The Labute approximate surface area is 179 Å². The second-order valence-electron chi connectivity index (χ2n) is 7.00. The standard InChI is InChI=1S/C23H21N3O3S/c24-16-19(21(27)25-11-13-29-14-12-25)23-26(18-9-5-2-6-10-18)22(28)20(30-23)15-17-7-3-1-4-8-17/h1-10,20H,11-15H2/b23-19+. The average molecular weight is 420 g/mol. The zero-order chi connectivity index (χ0) is 20.9. The highest BCUT2D eigenvalue weighted by Crippen LogP contribution is 2.42. The van der Waals surface area contributed by atoms with Crippen LogP contribution in [-0.2, 0) is 20.7 Å². The molecule has 0 bridgehead atoms. The number of ether oxygens (including phenoxy) is 1. The van der Waals surface area contributed by atoms with Gasteiger partial charge in [-0.25, -0.2) is 0 Å². The van der Waals surface area contributed by atoms with Gasteiger partial charge in [-0.05, 0) is 24.1 Å². The van der Waals surface area contributed by atoms with E-state index in [0.717, 1.165) is 5.56 Å². The summed E-state index contributed by atoms with van der Waals surface area (Å²) in [5, 5.41) is 9.89. The molecule has 2 aromatic carbocycles. The lowest BCUT2D eigenvalue weighted by Crippen LogP contribution is -2.42. The number of nitriles is 1. The molecule has 152 valence electrons. The minimum atomic E-state index is -0.400. The van der Waals surface area contributed by atoms with Gasteiger partial charge in [-0.15, -0.1) is 0 Å². The van der Waals surface area contributed by atoms with Crippen LogP contribution >= 0.6 is 11.8 Å². The number of morpholine rings is 1. The van der Waals surface area contributed by atoms with Crippen molar-refractivity contribution in [2.75, 3.05) is 31.2 Å². The summed E-state index contributed by atoms with van der Waals surface area (Å²) in [6, 6.07) is 21.0. The van der Waals surface area contributed by atoms with Crippen LogP contribution in [0.15, 0.2) is 71.3 Å². The van der Waals surface area contributed by atoms with Crippen LogP contribution < -0.4 is 4.90 Å². The van der Waals surface area contributed by atoms with Gasteiger partial charge in [0, 0.05) is 18.8 Å². The Kier molecular flexibility index (Phi) is 6.17. The molecule has 2 aliphatic heterocycles. The molecule has 4 rings (SSSR count). The van der Waals surface area contributed by atoms with Crippen molar-refractivity contribution in [1.82, 2.24) is 4.90 Å². The molecule has 0 spiro atoms. The van der Waals surface area contributed by atoms with Crippen LogP contribution in [0, 0.1) is 11.3 Å². The van der Waals surface area contributed by atoms with E-state index in [1.165, 1.54) is 16.7 Å². The maximum absolute atomic E-state index is 13.4. The average Bonchev–Trinajstić information content (AvgIpc) is 3.11. The predicted molar refractivity (Wildman–Crippen MR) is 115 cm³/mol. The zero-order valence-electron chi connectivity index (χ0n) is 16.4. The second kappa shape index (κ2) is 9.16. The van der Waals surface area contributed by atoms with Crippen molar-refractivity contribution in [3.8, 4) is 6.07 Å². The number of amides is 2. The van der Waals surface area contributed by atoms with Gasteiger partial charge in [-0.3, -0.25) is 14.5 Å². The van der Waals surface area contributed by atoms with E-state index in [4.69, 9.17) is 4.74 Å². The summed E-state index contributed by atoms with van der Waals surface area (Å²) in [6.07, 6.45) is 0.529. The molecular weight excluding hydrogens is 398 g/mol. The maximum Gasteiger partial charge on any atom is 0.267 e. The SMILES string of the molecule is N#C/C(C(=O)N1CCOCC1)=C1\SC(Cc2ccccc2)C(=O)N1c1ccccc1. The summed E-state index contributed by atoms with van der Waals surface area (Å²) in [4.78, 5) is 29.6. The zero-order valence-corrected chi connectivity index (χ0v) is 17.2. The van der Waals surface area contributed by atoms with Gasteiger partial charge in [0.25, 0.3) is 5.91 Å². The molecule has 2 amide bonds. The first kappa shape index (κ1) is 20.2. The molecule has 2 heterocycles. The van der Waals surface area contributed by atoms with E-state index in [1.807, 2.05) is 60.7 Å². The van der Waals surface area contributed by atoms with Gasteiger partial charge in [-0.2, -0.15) is 5.26 Å². The molecule has 0 saturated carbocycles. The quantitative estimate of drug-likeness (QED) is 0.563. The Hall–Kier alpha value is -3.08. The van der Waals surface area contributed by atoms with Crippen LogP contribution in [0.2, 0.25) is 0 Å². The fourth-order valence-corrected chi connectivity index (χ4v) is 4.85. The van der Waals surface area contributed by atoms with E-state index in [1.54, 1.807) is 4.90 Å². The Morgan fingerprint density at radius 2 is 1.70 bits per heavy atom. The number of para-hydroxylation sites is 1. The Morgan fingerprint density at radius 3 is 2.33 bits per heavy atom. The number of carbonyl (C=O) groups excluding carboxylic acids is 2. The predicted octanol–water partition coefficient (Wildman–Crippen LogP) is 2.97. The first-order valence-corrected chi connectivity index (χ1v) is 10.7.